The maximum Gasteiger partial charge on any atom is 0.267 e. The molecule has 98 valence electrons. The summed E-state index contributed by atoms with van der Waals surface area (Å²) in [5.74, 6) is 0.148. The molecule has 1 fully saturated rings. The molecule has 1 saturated heterocycles. The molecule has 1 aliphatic heterocycles. The van der Waals surface area contributed by atoms with E-state index in [2.05, 4.69) is 14.7 Å². The van der Waals surface area contributed by atoms with Crippen molar-refractivity contribution in [2.24, 2.45) is 10.9 Å². The van der Waals surface area contributed by atoms with Crippen LogP contribution in [0.1, 0.15) is 9.67 Å². The molecule has 0 atom stereocenters. The molecule has 2 rings (SSSR count). The Morgan fingerprint density at radius 1 is 1.50 bits per heavy atom. The molecular formula is C9H14N6O2S. The van der Waals surface area contributed by atoms with Crippen molar-refractivity contribution >= 4 is 23.3 Å². The fourth-order valence-corrected chi connectivity index (χ4v) is 2.27. The zero-order valence-electron chi connectivity index (χ0n) is 9.69. The number of amides is 1. The summed E-state index contributed by atoms with van der Waals surface area (Å²) in [4.78, 5) is 16.3. The van der Waals surface area contributed by atoms with E-state index in [1.807, 2.05) is 4.90 Å². The Balaban J connectivity index is 1.85. The molecule has 0 aliphatic carbocycles. The van der Waals surface area contributed by atoms with Crippen molar-refractivity contribution in [3.8, 4) is 0 Å². The lowest BCUT2D eigenvalue weighted by Gasteiger charge is -2.33. The molecule has 1 aliphatic rings. The van der Waals surface area contributed by atoms with Crippen molar-refractivity contribution in [2.75, 3.05) is 32.7 Å². The first-order valence-electron chi connectivity index (χ1n) is 5.46. The highest BCUT2D eigenvalue weighted by atomic mass is 32.1. The molecule has 0 bridgehead atoms. The molecule has 0 saturated carbocycles. The number of aromatic nitrogens is 2. The van der Waals surface area contributed by atoms with Gasteiger partial charge in [-0.3, -0.25) is 9.69 Å². The van der Waals surface area contributed by atoms with E-state index in [4.69, 9.17) is 10.9 Å². The maximum absolute atomic E-state index is 12.0. The smallest absolute Gasteiger partial charge is 0.267 e. The van der Waals surface area contributed by atoms with Crippen molar-refractivity contribution < 1.29 is 10.0 Å². The number of piperazine rings is 1. The van der Waals surface area contributed by atoms with Crippen LogP contribution in [-0.4, -0.2) is 69.1 Å². The minimum absolute atomic E-state index is 0.0338. The molecule has 3 N–H and O–H groups in total. The van der Waals surface area contributed by atoms with E-state index in [-0.39, 0.29) is 11.7 Å². The zero-order valence-corrected chi connectivity index (χ0v) is 10.5. The lowest BCUT2D eigenvalue weighted by molar-refractivity contribution is 0.0658. The minimum atomic E-state index is -0.0338. The minimum Gasteiger partial charge on any atom is -0.409 e. The summed E-state index contributed by atoms with van der Waals surface area (Å²) in [6.07, 6.45) is 1.48. The first kappa shape index (κ1) is 12.7. The highest BCUT2D eigenvalue weighted by Crippen LogP contribution is 2.10. The summed E-state index contributed by atoms with van der Waals surface area (Å²) in [5, 5.41) is 15.1. The van der Waals surface area contributed by atoms with E-state index in [1.165, 1.54) is 6.20 Å². The number of carbonyl (C=O) groups is 1. The van der Waals surface area contributed by atoms with Crippen LogP contribution in [0.15, 0.2) is 11.4 Å². The van der Waals surface area contributed by atoms with Crippen LogP contribution in [0.2, 0.25) is 0 Å². The highest BCUT2D eigenvalue weighted by molar-refractivity contribution is 7.07. The number of hydrogen-bond donors (Lipinski definition) is 2. The number of rotatable bonds is 3. The van der Waals surface area contributed by atoms with Gasteiger partial charge >= 0.3 is 0 Å². The molecule has 0 radical (unpaired) electrons. The third-order valence-electron chi connectivity index (χ3n) is 2.75. The van der Waals surface area contributed by atoms with Crippen LogP contribution < -0.4 is 5.73 Å². The van der Waals surface area contributed by atoms with E-state index in [1.54, 1.807) is 4.90 Å². The van der Waals surface area contributed by atoms with Gasteiger partial charge in [-0.1, -0.05) is 9.64 Å². The summed E-state index contributed by atoms with van der Waals surface area (Å²) in [6.45, 7) is 3.06. The number of nitrogens with two attached hydrogens (primary N) is 1. The van der Waals surface area contributed by atoms with Crippen molar-refractivity contribution in [1.29, 1.82) is 0 Å². The fourth-order valence-electron chi connectivity index (χ4n) is 1.79. The van der Waals surface area contributed by atoms with Crippen LogP contribution in [0.25, 0.3) is 0 Å². The SMILES string of the molecule is NC(CN1CCN(C(=O)c2cnns2)CC1)=NO. The van der Waals surface area contributed by atoms with Crippen molar-refractivity contribution in [1.82, 2.24) is 19.4 Å². The Bertz CT molecular complexity index is 426. The maximum atomic E-state index is 12.0. The highest BCUT2D eigenvalue weighted by Gasteiger charge is 2.23. The van der Waals surface area contributed by atoms with Gasteiger partial charge in [0, 0.05) is 26.2 Å². The molecule has 2 heterocycles. The van der Waals surface area contributed by atoms with Gasteiger partial charge in [-0.15, -0.1) is 5.10 Å². The number of oxime groups is 1. The molecule has 8 nitrogen and oxygen atoms in total. The third kappa shape index (κ3) is 2.93. The quantitative estimate of drug-likeness (QED) is 0.317. The van der Waals surface area contributed by atoms with Crippen molar-refractivity contribution in [3.05, 3.63) is 11.1 Å². The molecule has 1 aromatic heterocycles. The Morgan fingerprint density at radius 2 is 2.22 bits per heavy atom. The third-order valence-corrected chi connectivity index (χ3v) is 3.40. The predicted molar refractivity (Wildman–Crippen MR) is 65.7 cm³/mol. The molecule has 1 aromatic rings. The number of amidine groups is 1. The van der Waals surface area contributed by atoms with Gasteiger partial charge in [-0.05, 0) is 11.5 Å². The Morgan fingerprint density at radius 3 is 2.78 bits per heavy atom. The lowest BCUT2D eigenvalue weighted by atomic mass is 10.3. The summed E-state index contributed by atoms with van der Waals surface area (Å²) in [5.41, 5.74) is 5.44. The van der Waals surface area contributed by atoms with Crippen molar-refractivity contribution in [2.45, 2.75) is 0 Å². The molecule has 9 heteroatoms. The second kappa shape index (κ2) is 5.74. The van der Waals surface area contributed by atoms with E-state index >= 15 is 0 Å². The number of hydrogen-bond acceptors (Lipinski definition) is 7. The number of nitrogens with zero attached hydrogens (tertiary/aromatic N) is 5. The molecular weight excluding hydrogens is 256 g/mol. The van der Waals surface area contributed by atoms with Gasteiger partial charge in [0.1, 0.15) is 4.88 Å². The summed E-state index contributed by atoms with van der Waals surface area (Å²) in [7, 11) is 0. The topological polar surface area (TPSA) is 108 Å². The Hall–Kier alpha value is -1.74. The summed E-state index contributed by atoms with van der Waals surface area (Å²) < 4.78 is 3.68. The standard InChI is InChI=1S/C9H14N6O2S/c10-8(12-17)6-14-1-3-15(4-2-14)9(16)7-5-11-13-18-7/h5,17H,1-4,6H2,(H2,10,12). The van der Waals surface area contributed by atoms with Gasteiger partial charge < -0.3 is 15.8 Å². The Labute approximate surface area is 108 Å². The first-order valence-corrected chi connectivity index (χ1v) is 6.23. The van der Waals surface area contributed by atoms with E-state index in [0.29, 0.717) is 37.6 Å². The molecule has 1 amide bonds. The second-order valence-corrected chi connectivity index (χ2v) is 4.73. The first-order chi connectivity index (χ1) is 8.70. The van der Waals surface area contributed by atoms with Crippen LogP contribution in [0, 0.1) is 0 Å². The summed E-state index contributed by atoms with van der Waals surface area (Å²) in [6, 6.07) is 0. The molecule has 18 heavy (non-hydrogen) atoms. The van der Waals surface area contributed by atoms with E-state index in [0.717, 1.165) is 11.5 Å². The number of carbonyl (C=O) groups excluding carboxylic acids is 1. The second-order valence-electron chi connectivity index (χ2n) is 3.94. The van der Waals surface area contributed by atoms with Crippen LogP contribution in [0.4, 0.5) is 0 Å². The molecule has 0 aromatic carbocycles. The fraction of sp³-hybridized carbons (Fsp3) is 0.556. The van der Waals surface area contributed by atoms with Crippen LogP contribution in [0.3, 0.4) is 0 Å². The zero-order chi connectivity index (χ0) is 13.0. The Kier molecular flexibility index (Phi) is 4.05. The van der Waals surface area contributed by atoms with Crippen molar-refractivity contribution in [3.63, 3.8) is 0 Å². The predicted octanol–water partition coefficient (Wildman–Crippen LogP) is -0.958. The average molecular weight is 270 g/mol. The van der Waals surface area contributed by atoms with E-state index in [9.17, 15) is 4.79 Å². The van der Waals surface area contributed by atoms with Gasteiger partial charge in [0.15, 0.2) is 5.84 Å². The lowest BCUT2D eigenvalue weighted by Crippen LogP contribution is -2.50. The largest absolute Gasteiger partial charge is 0.409 e. The summed E-state index contributed by atoms with van der Waals surface area (Å²) >= 11 is 1.10. The van der Waals surface area contributed by atoms with E-state index < -0.39 is 0 Å². The average Bonchev–Trinajstić information content (AvgIpc) is 2.92. The molecule has 0 spiro atoms. The van der Waals surface area contributed by atoms with Crippen LogP contribution in [-0.2, 0) is 0 Å². The van der Waals surface area contributed by atoms with Crippen LogP contribution in [0.5, 0.6) is 0 Å². The van der Waals surface area contributed by atoms with Gasteiger partial charge in [0.2, 0.25) is 0 Å². The van der Waals surface area contributed by atoms with Gasteiger partial charge in [-0.2, -0.15) is 0 Å². The van der Waals surface area contributed by atoms with Crippen LogP contribution >= 0.6 is 11.5 Å². The normalized spacial score (nSPS) is 18.0. The monoisotopic (exact) mass is 270 g/mol. The van der Waals surface area contributed by atoms with Gasteiger partial charge in [0.25, 0.3) is 5.91 Å². The van der Waals surface area contributed by atoms with Gasteiger partial charge in [-0.25, -0.2) is 0 Å². The molecule has 0 unspecified atom stereocenters. The van der Waals surface area contributed by atoms with Gasteiger partial charge in [0.05, 0.1) is 12.7 Å².